The van der Waals surface area contributed by atoms with Gasteiger partial charge in [0.2, 0.25) is 0 Å². The number of para-hydroxylation sites is 2. The second kappa shape index (κ2) is 13.6. The van der Waals surface area contributed by atoms with Crippen LogP contribution in [-0.2, 0) is 0 Å². The molecule has 2 saturated heterocycles. The fraction of sp³-hybridized carbons (Fsp3) is 0.500. The van der Waals surface area contributed by atoms with Crippen LogP contribution in [0.25, 0.3) is 0 Å². The monoisotopic (exact) mass is 492 g/mol. The van der Waals surface area contributed by atoms with Crippen LogP contribution in [0.15, 0.2) is 60.7 Å². The number of unbranched alkanes of at least 4 members (excludes halogenated alkanes) is 3. The molecule has 2 aliphatic heterocycles. The van der Waals surface area contributed by atoms with E-state index in [2.05, 4.69) is 69.0 Å². The standard InChI is InChI=1S/C28H40N6O2/c35-27(33-21-17-31(18-22-33)25-11-5-3-6-12-25)29-15-9-1-2-10-16-30-28(36)34-23-19-32(20-24-34)26-13-7-4-8-14-26/h3-8,11-14H,1-2,9-10,15-24H2,(H,29,35)(H,30,36). The Morgan fingerprint density at radius 2 is 0.889 bits per heavy atom. The number of amides is 4. The first kappa shape index (κ1) is 25.7. The quantitative estimate of drug-likeness (QED) is 0.525. The summed E-state index contributed by atoms with van der Waals surface area (Å²) >= 11 is 0. The highest BCUT2D eigenvalue weighted by Crippen LogP contribution is 2.16. The minimum absolute atomic E-state index is 0.0438. The SMILES string of the molecule is O=C(NCCCCCCNC(=O)N1CCN(c2ccccc2)CC1)N1CCN(c2ccccc2)CC1. The summed E-state index contributed by atoms with van der Waals surface area (Å²) < 4.78 is 0. The molecule has 0 aliphatic carbocycles. The van der Waals surface area contributed by atoms with E-state index < -0.39 is 0 Å². The molecule has 0 atom stereocenters. The second-order valence-corrected chi connectivity index (χ2v) is 9.50. The second-order valence-electron chi connectivity index (χ2n) is 9.50. The number of piperazine rings is 2. The molecule has 0 spiro atoms. The lowest BCUT2D eigenvalue weighted by atomic mass is 10.2. The molecule has 8 heteroatoms. The Morgan fingerprint density at radius 3 is 1.25 bits per heavy atom. The van der Waals surface area contributed by atoms with Gasteiger partial charge >= 0.3 is 12.1 Å². The average molecular weight is 493 g/mol. The van der Waals surface area contributed by atoms with E-state index in [4.69, 9.17) is 0 Å². The van der Waals surface area contributed by atoms with Gasteiger partial charge in [0.05, 0.1) is 0 Å². The third-order valence-corrected chi connectivity index (χ3v) is 7.03. The highest BCUT2D eigenvalue weighted by Gasteiger charge is 2.22. The fourth-order valence-corrected chi connectivity index (χ4v) is 4.83. The number of nitrogens with one attached hydrogen (secondary N) is 2. The van der Waals surface area contributed by atoms with Gasteiger partial charge in [-0.1, -0.05) is 49.2 Å². The lowest BCUT2D eigenvalue weighted by Crippen LogP contribution is -2.52. The molecule has 4 amide bonds. The Morgan fingerprint density at radius 1 is 0.528 bits per heavy atom. The molecule has 8 nitrogen and oxygen atoms in total. The molecule has 2 fully saturated rings. The molecule has 2 heterocycles. The summed E-state index contributed by atoms with van der Waals surface area (Å²) in [5.74, 6) is 0. The van der Waals surface area contributed by atoms with Crippen LogP contribution >= 0.6 is 0 Å². The normalized spacial score (nSPS) is 16.1. The molecule has 0 aromatic heterocycles. The molecular weight excluding hydrogens is 452 g/mol. The Balaban J connectivity index is 0.992. The Hall–Kier alpha value is -3.42. The van der Waals surface area contributed by atoms with E-state index in [1.807, 2.05) is 21.9 Å². The van der Waals surface area contributed by atoms with Gasteiger partial charge in [0.15, 0.2) is 0 Å². The third-order valence-electron chi connectivity index (χ3n) is 7.03. The number of hydrogen-bond acceptors (Lipinski definition) is 4. The smallest absolute Gasteiger partial charge is 0.317 e. The van der Waals surface area contributed by atoms with Crippen LogP contribution in [0.1, 0.15) is 25.7 Å². The van der Waals surface area contributed by atoms with Crippen LogP contribution in [0.2, 0.25) is 0 Å². The van der Waals surface area contributed by atoms with Crippen LogP contribution in [0.4, 0.5) is 21.0 Å². The minimum Gasteiger partial charge on any atom is -0.368 e. The van der Waals surface area contributed by atoms with E-state index in [9.17, 15) is 9.59 Å². The van der Waals surface area contributed by atoms with Gasteiger partial charge in [-0.3, -0.25) is 0 Å². The average Bonchev–Trinajstić information content (AvgIpc) is 2.95. The van der Waals surface area contributed by atoms with E-state index in [0.29, 0.717) is 13.1 Å². The molecule has 0 saturated carbocycles. The number of benzene rings is 2. The van der Waals surface area contributed by atoms with Crippen molar-refractivity contribution in [3.05, 3.63) is 60.7 Å². The first-order chi connectivity index (χ1) is 17.7. The summed E-state index contributed by atoms with van der Waals surface area (Å²) in [6.07, 6.45) is 4.03. The predicted octanol–water partition coefficient (Wildman–Crippen LogP) is 3.61. The Kier molecular flexibility index (Phi) is 9.70. The number of nitrogens with zero attached hydrogens (tertiary/aromatic N) is 4. The molecular formula is C28H40N6O2. The van der Waals surface area contributed by atoms with Crippen molar-refractivity contribution in [3.8, 4) is 0 Å². The van der Waals surface area contributed by atoms with Gasteiger partial charge in [0.1, 0.15) is 0 Å². The molecule has 2 aliphatic rings. The molecule has 2 aromatic rings. The molecule has 0 bridgehead atoms. The zero-order valence-corrected chi connectivity index (χ0v) is 21.3. The first-order valence-corrected chi connectivity index (χ1v) is 13.4. The molecule has 2 N–H and O–H groups in total. The van der Waals surface area contributed by atoms with E-state index >= 15 is 0 Å². The molecule has 194 valence electrons. The number of carbonyl (C=O) groups is 2. The Bertz CT molecular complexity index is 848. The van der Waals surface area contributed by atoms with Gasteiger partial charge in [-0.25, -0.2) is 9.59 Å². The van der Waals surface area contributed by atoms with Gasteiger partial charge in [-0.05, 0) is 37.1 Å². The number of anilines is 2. The van der Waals surface area contributed by atoms with Gasteiger partial charge in [-0.2, -0.15) is 0 Å². The van der Waals surface area contributed by atoms with Gasteiger partial charge in [0, 0.05) is 76.8 Å². The number of hydrogen-bond donors (Lipinski definition) is 2. The van der Waals surface area contributed by atoms with E-state index in [1.54, 1.807) is 0 Å². The topological polar surface area (TPSA) is 71.2 Å². The third kappa shape index (κ3) is 7.54. The van der Waals surface area contributed by atoms with Gasteiger partial charge in [0.25, 0.3) is 0 Å². The fourth-order valence-electron chi connectivity index (χ4n) is 4.83. The van der Waals surface area contributed by atoms with Crippen LogP contribution in [0, 0.1) is 0 Å². The summed E-state index contributed by atoms with van der Waals surface area (Å²) in [6, 6.07) is 20.8. The predicted molar refractivity (Wildman–Crippen MR) is 146 cm³/mol. The summed E-state index contributed by atoms with van der Waals surface area (Å²) in [4.78, 5) is 33.4. The Labute approximate surface area is 215 Å². The maximum atomic E-state index is 12.4. The number of urea groups is 2. The summed E-state index contributed by atoms with van der Waals surface area (Å²) in [5.41, 5.74) is 2.44. The first-order valence-electron chi connectivity index (χ1n) is 13.4. The van der Waals surface area contributed by atoms with Crippen molar-refractivity contribution in [2.45, 2.75) is 25.7 Å². The van der Waals surface area contributed by atoms with Crippen molar-refractivity contribution >= 4 is 23.4 Å². The molecule has 4 rings (SSSR count). The van der Waals surface area contributed by atoms with E-state index in [-0.39, 0.29) is 12.1 Å². The lowest BCUT2D eigenvalue weighted by Gasteiger charge is -2.36. The summed E-state index contributed by atoms with van der Waals surface area (Å²) in [7, 11) is 0. The van der Waals surface area contributed by atoms with Crippen molar-refractivity contribution in [1.82, 2.24) is 20.4 Å². The summed E-state index contributed by atoms with van der Waals surface area (Å²) in [6.45, 7) is 7.88. The van der Waals surface area contributed by atoms with E-state index in [0.717, 1.165) is 78.0 Å². The maximum absolute atomic E-state index is 12.4. The summed E-state index contributed by atoms with van der Waals surface area (Å²) in [5, 5.41) is 6.13. The minimum atomic E-state index is 0.0438. The van der Waals surface area contributed by atoms with Crippen molar-refractivity contribution in [2.75, 3.05) is 75.2 Å². The largest absolute Gasteiger partial charge is 0.368 e. The van der Waals surface area contributed by atoms with Crippen LogP contribution < -0.4 is 20.4 Å². The zero-order valence-electron chi connectivity index (χ0n) is 21.3. The highest BCUT2D eigenvalue weighted by atomic mass is 16.2. The van der Waals surface area contributed by atoms with Gasteiger partial charge in [-0.15, -0.1) is 0 Å². The lowest BCUT2D eigenvalue weighted by molar-refractivity contribution is 0.193. The van der Waals surface area contributed by atoms with E-state index in [1.165, 1.54) is 11.4 Å². The molecule has 0 radical (unpaired) electrons. The number of rotatable bonds is 9. The molecule has 2 aromatic carbocycles. The number of carbonyl (C=O) groups excluding carboxylic acids is 2. The molecule has 0 unspecified atom stereocenters. The maximum Gasteiger partial charge on any atom is 0.317 e. The van der Waals surface area contributed by atoms with Crippen molar-refractivity contribution in [2.24, 2.45) is 0 Å². The van der Waals surface area contributed by atoms with Crippen molar-refractivity contribution in [1.29, 1.82) is 0 Å². The highest BCUT2D eigenvalue weighted by molar-refractivity contribution is 5.75. The van der Waals surface area contributed by atoms with Gasteiger partial charge < -0.3 is 30.2 Å². The van der Waals surface area contributed by atoms with Crippen LogP contribution in [0.3, 0.4) is 0 Å². The van der Waals surface area contributed by atoms with Crippen LogP contribution in [0.5, 0.6) is 0 Å². The van der Waals surface area contributed by atoms with Crippen molar-refractivity contribution in [3.63, 3.8) is 0 Å². The molecule has 36 heavy (non-hydrogen) atoms. The van der Waals surface area contributed by atoms with Crippen molar-refractivity contribution < 1.29 is 9.59 Å². The van der Waals surface area contributed by atoms with Crippen LogP contribution in [-0.4, -0.2) is 87.3 Å². The zero-order chi connectivity index (χ0) is 25.0.